The minimum Gasteiger partial charge on any atom is -0.463 e. The predicted octanol–water partition coefficient (Wildman–Crippen LogP) is 4.49. The van der Waals surface area contributed by atoms with Crippen LogP contribution in [0, 0.1) is 0 Å². The van der Waals surface area contributed by atoms with Gasteiger partial charge in [0.1, 0.15) is 4.53 Å². The summed E-state index contributed by atoms with van der Waals surface area (Å²) in [7, 11) is 0. The molecule has 204 valence electrons. The van der Waals surface area contributed by atoms with E-state index in [-0.39, 0.29) is 22.6 Å². The molecule has 2 aliphatic heterocycles. The third-order valence-corrected chi connectivity index (χ3v) is 8.30. The summed E-state index contributed by atoms with van der Waals surface area (Å²) in [6, 6.07) is 22.8. The molecule has 7 nitrogen and oxygen atoms in total. The van der Waals surface area contributed by atoms with Crippen LogP contribution in [0.4, 0.5) is 5.69 Å². The first-order valence-electron chi connectivity index (χ1n) is 13.0. The summed E-state index contributed by atoms with van der Waals surface area (Å²) in [5.41, 5.74) is 3.28. The van der Waals surface area contributed by atoms with Crippen LogP contribution in [0.2, 0.25) is 5.02 Å². The van der Waals surface area contributed by atoms with Crippen LogP contribution in [0.1, 0.15) is 29.7 Å². The summed E-state index contributed by atoms with van der Waals surface area (Å²) < 4.78 is 7.25. The molecule has 0 saturated carbocycles. The molecule has 1 aromatic heterocycles. The highest BCUT2D eigenvalue weighted by Gasteiger charge is 2.38. The number of esters is 1. The first kappa shape index (κ1) is 26.7. The maximum atomic E-state index is 14.3. The zero-order valence-electron chi connectivity index (χ0n) is 22.0. The molecule has 0 N–H and O–H groups in total. The molecule has 0 radical (unpaired) electrons. The number of halogens is 1. The molecule has 41 heavy (non-hydrogen) atoms. The summed E-state index contributed by atoms with van der Waals surface area (Å²) in [5.74, 6) is -0.861. The number of rotatable bonds is 6. The number of thiazole rings is 1. The Morgan fingerprint density at radius 2 is 1.76 bits per heavy atom. The van der Waals surface area contributed by atoms with Gasteiger partial charge in [0, 0.05) is 22.7 Å². The van der Waals surface area contributed by atoms with Gasteiger partial charge in [-0.15, -0.1) is 6.58 Å². The van der Waals surface area contributed by atoms with E-state index in [4.69, 9.17) is 21.3 Å². The first-order valence-corrected chi connectivity index (χ1v) is 14.2. The first-order chi connectivity index (χ1) is 19.9. The molecule has 0 spiro atoms. The van der Waals surface area contributed by atoms with Gasteiger partial charge in [-0.25, -0.2) is 9.79 Å². The third kappa shape index (κ3) is 4.45. The molecule has 0 fully saturated rings. The molecule has 6 rings (SSSR count). The second kappa shape index (κ2) is 10.8. The minimum absolute atomic E-state index is 0.150. The van der Waals surface area contributed by atoms with Crippen molar-refractivity contribution in [3.8, 4) is 0 Å². The second-order valence-electron chi connectivity index (χ2n) is 9.40. The van der Waals surface area contributed by atoms with Crippen LogP contribution < -0.4 is 19.8 Å². The molecule has 0 saturated heterocycles. The number of benzene rings is 3. The van der Waals surface area contributed by atoms with E-state index >= 15 is 0 Å². The fourth-order valence-electron chi connectivity index (χ4n) is 5.26. The molecule has 1 atom stereocenters. The van der Waals surface area contributed by atoms with Crippen LogP contribution in [0.15, 0.2) is 107 Å². The average Bonchev–Trinajstić information content (AvgIpc) is 3.46. The van der Waals surface area contributed by atoms with Crippen molar-refractivity contribution in [3.05, 3.63) is 138 Å². The van der Waals surface area contributed by atoms with Crippen LogP contribution in [-0.2, 0) is 14.3 Å². The number of aromatic nitrogens is 1. The van der Waals surface area contributed by atoms with Gasteiger partial charge < -0.3 is 9.64 Å². The molecular weight excluding hydrogens is 558 g/mol. The Morgan fingerprint density at radius 3 is 2.46 bits per heavy atom. The Morgan fingerprint density at radius 1 is 1.05 bits per heavy atom. The van der Waals surface area contributed by atoms with Gasteiger partial charge >= 0.3 is 5.97 Å². The summed E-state index contributed by atoms with van der Waals surface area (Å²) in [4.78, 5) is 48.5. The van der Waals surface area contributed by atoms with E-state index in [1.54, 1.807) is 42.2 Å². The number of ether oxygens (including phenoxy) is 1. The standard InChI is InChI=1S/C32H24ClN3O4S/c1-3-18-35-23-13-9-8-12-22(23)24(29(35)37)28-30(38)36-27(20-14-16-21(33)17-15-20)25(31(39)40-4-2)26(34-32(36)41-28)19-10-6-5-7-11-19/h3,5-17,27H,1,4,18H2,2H3/b28-24+/t27-/m0/s1. The summed E-state index contributed by atoms with van der Waals surface area (Å²) in [6.45, 7) is 5.97. The molecule has 0 aliphatic carbocycles. The summed E-state index contributed by atoms with van der Waals surface area (Å²) in [6.07, 6.45) is 1.65. The summed E-state index contributed by atoms with van der Waals surface area (Å²) in [5, 5.41) is 0.517. The van der Waals surface area contributed by atoms with E-state index in [0.29, 0.717) is 50.0 Å². The number of hydrogen-bond acceptors (Lipinski definition) is 6. The fraction of sp³-hybridized carbons (Fsp3) is 0.125. The van der Waals surface area contributed by atoms with Crippen molar-refractivity contribution in [1.29, 1.82) is 0 Å². The van der Waals surface area contributed by atoms with E-state index in [0.717, 1.165) is 11.3 Å². The van der Waals surface area contributed by atoms with Crippen molar-refractivity contribution < 1.29 is 14.3 Å². The van der Waals surface area contributed by atoms with Gasteiger partial charge in [0.05, 0.1) is 35.2 Å². The quantitative estimate of drug-likeness (QED) is 0.248. The number of carbonyl (C=O) groups excluding carboxylic acids is 2. The van der Waals surface area contributed by atoms with E-state index < -0.39 is 17.6 Å². The lowest BCUT2D eigenvalue weighted by atomic mass is 9.93. The van der Waals surface area contributed by atoms with Gasteiger partial charge in [-0.05, 0) is 30.7 Å². The van der Waals surface area contributed by atoms with Crippen LogP contribution in [0.25, 0.3) is 11.3 Å². The number of carbonyl (C=O) groups is 2. The number of anilines is 1. The van der Waals surface area contributed by atoms with E-state index in [2.05, 4.69) is 6.58 Å². The molecule has 1 amide bonds. The van der Waals surface area contributed by atoms with E-state index in [1.807, 2.05) is 54.6 Å². The normalized spacial score (nSPS) is 17.2. The lowest BCUT2D eigenvalue weighted by Crippen LogP contribution is -2.41. The molecule has 0 bridgehead atoms. The fourth-order valence-corrected chi connectivity index (χ4v) is 6.48. The highest BCUT2D eigenvalue weighted by atomic mass is 35.5. The van der Waals surface area contributed by atoms with E-state index in [9.17, 15) is 14.4 Å². The van der Waals surface area contributed by atoms with Gasteiger partial charge in [-0.2, -0.15) is 0 Å². The van der Waals surface area contributed by atoms with Crippen LogP contribution in [0.5, 0.6) is 0 Å². The van der Waals surface area contributed by atoms with Gasteiger partial charge in [0.15, 0.2) is 4.80 Å². The Labute approximate surface area is 244 Å². The van der Waals surface area contributed by atoms with Crippen molar-refractivity contribution in [1.82, 2.24) is 4.57 Å². The van der Waals surface area contributed by atoms with Gasteiger partial charge in [0.2, 0.25) is 0 Å². The zero-order chi connectivity index (χ0) is 28.7. The Kier molecular flexibility index (Phi) is 7.03. The van der Waals surface area contributed by atoms with E-state index in [1.165, 1.54) is 4.57 Å². The molecule has 3 aromatic carbocycles. The molecule has 2 aliphatic rings. The third-order valence-electron chi connectivity index (χ3n) is 7.00. The highest BCUT2D eigenvalue weighted by Crippen LogP contribution is 2.37. The molecular formula is C32H24ClN3O4S. The largest absolute Gasteiger partial charge is 0.463 e. The Balaban J connectivity index is 1.71. The number of fused-ring (bicyclic) bond motifs is 2. The highest BCUT2D eigenvalue weighted by molar-refractivity contribution is 7.07. The maximum Gasteiger partial charge on any atom is 0.338 e. The predicted molar refractivity (Wildman–Crippen MR) is 160 cm³/mol. The van der Waals surface area contributed by atoms with Crippen molar-refractivity contribution >= 4 is 51.8 Å². The van der Waals surface area contributed by atoms with Crippen LogP contribution in [0.3, 0.4) is 0 Å². The van der Waals surface area contributed by atoms with Gasteiger partial charge in [-0.1, -0.05) is 89.7 Å². The monoisotopic (exact) mass is 581 g/mol. The SMILES string of the molecule is C=CCN1C(=O)/C(=c2/sc3n(c2=O)[C@@H](c2ccc(Cl)cc2)C(C(=O)OCC)=C(c2ccccc2)N=3)c2ccccc21. The number of amides is 1. The molecule has 9 heteroatoms. The number of hydrogen-bond donors (Lipinski definition) is 0. The van der Waals surface area contributed by atoms with Crippen molar-refractivity contribution in [2.75, 3.05) is 18.1 Å². The number of nitrogens with zero attached hydrogens (tertiary/aromatic N) is 3. The van der Waals surface area contributed by atoms with Gasteiger partial charge in [-0.3, -0.25) is 14.2 Å². The average molecular weight is 582 g/mol. The Hall–Kier alpha value is -4.53. The van der Waals surface area contributed by atoms with Gasteiger partial charge in [0.25, 0.3) is 11.5 Å². The second-order valence-corrected chi connectivity index (χ2v) is 10.8. The van der Waals surface area contributed by atoms with Crippen molar-refractivity contribution in [2.45, 2.75) is 13.0 Å². The van der Waals surface area contributed by atoms with Crippen LogP contribution >= 0.6 is 22.9 Å². The van der Waals surface area contributed by atoms with Crippen molar-refractivity contribution in [3.63, 3.8) is 0 Å². The maximum absolute atomic E-state index is 14.3. The topological polar surface area (TPSA) is 81.0 Å². The minimum atomic E-state index is -0.858. The lowest BCUT2D eigenvalue weighted by Gasteiger charge is -2.26. The smallest absolute Gasteiger partial charge is 0.338 e. The lowest BCUT2D eigenvalue weighted by molar-refractivity contribution is -0.138. The zero-order valence-corrected chi connectivity index (χ0v) is 23.6. The summed E-state index contributed by atoms with van der Waals surface area (Å²) >= 11 is 7.34. The molecule has 0 unspecified atom stereocenters. The molecule has 3 heterocycles. The van der Waals surface area contributed by atoms with Crippen LogP contribution in [-0.4, -0.2) is 29.6 Å². The molecule has 4 aromatic rings. The Bertz CT molecular complexity index is 1920. The number of para-hydroxylation sites is 1. The van der Waals surface area contributed by atoms with Crippen molar-refractivity contribution in [2.24, 2.45) is 4.99 Å².